The summed E-state index contributed by atoms with van der Waals surface area (Å²) in [6.45, 7) is 1.48. The molecule has 0 aromatic rings. The molecule has 1 saturated carbocycles. The first-order valence-corrected chi connectivity index (χ1v) is 5.48. The Kier molecular flexibility index (Phi) is 2.19. The van der Waals surface area contributed by atoms with E-state index in [0.29, 0.717) is 0 Å². The molecule has 2 nitrogen and oxygen atoms in total. The quantitative estimate of drug-likeness (QED) is 0.656. The van der Waals surface area contributed by atoms with E-state index in [1.807, 2.05) is 0 Å². The van der Waals surface area contributed by atoms with Gasteiger partial charge < -0.3 is 0 Å². The van der Waals surface area contributed by atoms with Crippen LogP contribution in [-0.2, 0) is 9.59 Å². The highest BCUT2D eigenvalue weighted by Gasteiger charge is 2.72. The summed E-state index contributed by atoms with van der Waals surface area (Å²) in [5.41, 5.74) is -2.03. The number of alkyl halides is 3. The van der Waals surface area contributed by atoms with E-state index < -0.39 is 33.7 Å². The number of halogens is 3. The molecule has 2 fully saturated rings. The molecule has 1 saturated heterocycles. The van der Waals surface area contributed by atoms with E-state index in [1.165, 1.54) is 6.92 Å². The molecule has 15 heavy (non-hydrogen) atoms. The first kappa shape index (κ1) is 11.0. The molecule has 2 unspecified atom stereocenters. The van der Waals surface area contributed by atoms with Crippen molar-refractivity contribution in [1.82, 2.24) is 0 Å². The Balaban J connectivity index is 2.32. The van der Waals surface area contributed by atoms with Crippen molar-refractivity contribution >= 4 is 22.7 Å². The average molecular weight is 238 g/mol. The maximum absolute atomic E-state index is 12.7. The first-order chi connectivity index (χ1) is 6.79. The third kappa shape index (κ3) is 1.41. The second kappa shape index (κ2) is 2.99. The number of rotatable bonds is 1. The first-order valence-electron chi connectivity index (χ1n) is 4.60. The summed E-state index contributed by atoms with van der Waals surface area (Å²) in [6.07, 6.45) is -4.62. The third-order valence-corrected chi connectivity index (χ3v) is 4.17. The lowest BCUT2D eigenvalue weighted by Crippen LogP contribution is -2.38. The van der Waals surface area contributed by atoms with Gasteiger partial charge in [-0.25, -0.2) is 0 Å². The maximum Gasteiger partial charge on any atom is 0.395 e. The van der Waals surface area contributed by atoms with Crippen LogP contribution in [0.4, 0.5) is 13.2 Å². The summed E-state index contributed by atoms with van der Waals surface area (Å²) in [4.78, 5) is 22.9. The number of thioether (sulfide) groups is 1. The lowest BCUT2D eigenvalue weighted by Gasteiger charge is -2.22. The van der Waals surface area contributed by atoms with Gasteiger partial charge in [-0.2, -0.15) is 13.2 Å². The number of Topliss-reactive ketones (excluding diaryl/α,β-unsaturated/α-hetero) is 1. The van der Waals surface area contributed by atoms with Crippen molar-refractivity contribution < 1.29 is 22.8 Å². The van der Waals surface area contributed by atoms with Gasteiger partial charge in [0.15, 0.2) is 5.78 Å². The van der Waals surface area contributed by atoms with Crippen molar-refractivity contribution in [3.63, 3.8) is 0 Å². The van der Waals surface area contributed by atoms with Crippen molar-refractivity contribution in [3.05, 3.63) is 0 Å². The minimum Gasteiger partial charge on any atom is -0.298 e. The van der Waals surface area contributed by atoms with Crippen molar-refractivity contribution in [2.75, 3.05) is 0 Å². The Morgan fingerprint density at radius 3 is 2.13 bits per heavy atom. The summed E-state index contributed by atoms with van der Waals surface area (Å²) in [5.74, 6) is -2.00. The fourth-order valence-corrected chi connectivity index (χ4v) is 3.10. The van der Waals surface area contributed by atoms with Crippen LogP contribution in [-0.4, -0.2) is 22.3 Å². The van der Waals surface area contributed by atoms with Crippen LogP contribution in [0.3, 0.4) is 0 Å². The summed E-state index contributed by atoms with van der Waals surface area (Å²) in [7, 11) is 0. The lowest BCUT2D eigenvalue weighted by atomic mass is 9.85. The van der Waals surface area contributed by atoms with Gasteiger partial charge in [0.05, 0.1) is 10.7 Å². The number of carbonyl (C=O) groups is 2. The van der Waals surface area contributed by atoms with Crippen LogP contribution in [0.1, 0.15) is 19.8 Å². The number of carbonyl (C=O) groups excluding carboxylic acids is 2. The summed E-state index contributed by atoms with van der Waals surface area (Å²) in [5, 5.41) is -1.23. The van der Waals surface area contributed by atoms with Crippen molar-refractivity contribution in [2.24, 2.45) is 11.3 Å². The standard InChI is InChI=1S/C9H9F3O2S/c1-4-6(13)5(7(14)15-4)8(2-3-8)9(10,11)12/h4-5H,2-3H2,1H3. The van der Waals surface area contributed by atoms with Crippen LogP contribution in [0.5, 0.6) is 0 Å². The maximum atomic E-state index is 12.7. The van der Waals surface area contributed by atoms with Gasteiger partial charge in [-0.05, 0) is 19.8 Å². The van der Waals surface area contributed by atoms with Crippen LogP contribution in [0.15, 0.2) is 0 Å². The van der Waals surface area contributed by atoms with E-state index in [1.54, 1.807) is 0 Å². The van der Waals surface area contributed by atoms with Gasteiger partial charge in [-0.1, -0.05) is 11.8 Å². The van der Waals surface area contributed by atoms with Crippen LogP contribution < -0.4 is 0 Å². The Morgan fingerprint density at radius 2 is 1.87 bits per heavy atom. The topological polar surface area (TPSA) is 34.1 Å². The predicted octanol–water partition coefficient (Wildman–Crippen LogP) is 2.18. The predicted molar refractivity (Wildman–Crippen MR) is 48.3 cm³/mol. The van der Waals surface area contributed by atoms with Gasteiger partial charge in [0.1, 0.15) is 5.92 Å². The van der Waals surface area contributed by atoms with Gasteiger partial charge in [0.2, 0.25) is 5.12 Å². The van der Waals surface area contributed by atoms with Gasteiger partial charge in [0.25, 0.3) is 0 Å². The summed E-state index contributed by atoms with van der Waals surface area (Å²) >= 11 is 0.731. The van der Waals surface area contributed by atoms with E-state index in [-0.39, 0.29) is 12.8 Å². The van der Waals surface area contributed by atoms with Crippen LogP contribution in [0.25, 0.3) is 0 Å². The SMILES string of the molecule is CC1SC(=O)C(C2(C(F)(F)F)CC2)C1=O. The lowest BCUT2D eigenvalue weighted by molar-refractivity contribution is -0.202. The summed E-state index contributed by atoms with van der Waals surface area (Å²) < 4.78 is 38.1. The minimum atomic E-state index is -4.44. The highest BCUT2D eigenvalue weighted by Crippen LogP contribution is 2.65. The van der Waals surface area contributed by atoms with Crippen molar-refractivity contribution in [3.8, 4) is 0 Å². The number of hydrogen-bond donors (Lipinski definition) is 0. The molecule has 2 atom stereocenters. The van der Waals surface area contributed by atoms with E-state index >= 15 is 0 Å². The number of ketones is 1. The van der Waals surface area contributed by atoms with E-state index in [0.717, 1.165) is 11.8 Å². The Bertz CT molecular complexity index is 333. The Hall–Kier alpha value is -0.520. The zero-order chi connectivity index (χ0) is 11.4. The smallest absolute Gasteiger partial charge is 0.298 e. The molecule has 0 amide bonds. The van der Waals surface area contributed by atoms with Crippen LogP contribution >= 0.6 is 11.8 Å². The van der Waals surface area contributed by atoms with Gasteiger partial charge in [0, 0.05) is 0 Å². The molecule has 0 bridgehead atoms. The average Bonchev–Trinajstić information content (AvgIpc) is 2.79. The van der Waals surface area contributed by atoms with Gasteiger partial charge in [-0.15, -0.1) is 0 Å². The molecule has 2 aliphatic rings. The molecule has 6 heteroatoms. The Labute approximate surface area is 88.6 Å². The molecule has 84 valence electrons. The van der Waals surface area contributed by atoms with Crippen molar-refractivity contribution in [2.45, 2.75) is 31.2 Å². The fourth-order valence-electron chi connectivity index (χ4n) is 2.02. The molecule has 0 spiro atoms. The molecule has 1 heterocycles. The number of hydrogen-bond acceptors (Lipinski definition) is 3. The van der Waals surface area contributed by atoms with Gasteiger partial charge >= 0.3 is 6.18 Å². The molecule has 0 radical (unpaired) electrons. The van der Waals surface area contributed by atoms with Crippen molar-refractivity contribution in [1.29, 1.82) is 0 Å². The summed E-state index contributed by atoms with van der Waals surface area (Å²) in [6, 6.07) is 0. The fraction of sp³-hybridized carbons (Fsp3) is 0.778. The van der Waals surface area contributed by atoms with Gasteiger partial charge in [-0.3, -0.25) is 9.59 Å². The highest BCUT2D eigenvalue weighted by atomic mass is 32.2. The molecule has 1 aliphatic carbocycles. The molecule has 0 aromatic heterocycles. The third-order valence-electron chi connectivity index (χ3n) is 3.12. The zero-order valence-corrected chi connectivity index (χ0v) is 8.74. The molecule has 0 N–H and O–H groups in total. The zero-order valence-electron chi connectivity index (χ0n) is 7.93. The normalized spacial score (nSPS) is 34.7. The van der Waals surface area contributed by atoms with Crippen LogP contribution in [0, 0.1) is 11.3 Å². The monoisotopic (exact) mass is 238 g/mol. The molecule has 2 rings (SSSR count). The Morgan fingerprint density at radius 1 is 1.33 bits per heavy atom. The second-order valence-corrected chi connectivity index (χ2v) is 5.41. The minimum absolute atomic E-state index is 0.0913. The van der Waals surface area contributed by atoms with Crippen LogP contribution in [0.2, 0.25) is 0 Å². The highest BCUT2D eigenvalue weighted by molar-refractivity contribution is 8.15. The van der Waals surface area contributed by atoms with E-state index in [2.05, 4.69) is 0 Å². The largest absolute Gasteiger partial charge is 0.395 e. The van der Waals surface area contributed by atoms with E-state index in [9.17, 15) is 22.8 Å². The molecular weight excluding hydrogens is 229 g/mol. The molecule has 1 aliphatic heterocycles. The second-order valence-electron chi connectivity index (χ2n) is 4.07. The molecule has 0 aromatic carbocycles. The van der Waals surface area contributed by atoms with E-state index in [4.69, 9.17) is 0 Å². The molecular formula is C9H9F3O2S.